The SMILES string of the molecule is CC(=O)N[C@H]1[C@@H](OCc2ccccc2)O[C@H]2CO[C@@H](c3ccccc3)O[C@@H]2[C@H]1OC(=O)/C=C/c1ccccc1. The van der Waals surface area contributed by atoms with E-state index in [9.17, 15) is 9.59 Å². The lowest BCUT2D eigenvalue weighted by Crippen LogP contribution is -2.67. The lowest BCUT2D eigenvalue weighted by atomic mass is 9.95. The van der Waals surface area contributed by atoms with Gasteiger partial charge in [-0.25, -0.2) is 4.79 Å². The number of benzene rings is 3. The van der Waals surface area contributed by atoms with Gasteiger partial charge in [-0.2, -0.15) is 0 Å². The summed E-state index contributed by atoms with van der Waals surface area (Å²) in [4.78, 5) is 25.3. The fourth-order valence-corrected chi connectivity index (χ4v) is 4.68. The smallest absolute Gasteiger partial charge is 0.331 e. The maximum Gasteiger partial charge on any atom is 0.331 e. The molecule has 202 valence electrons. The van der Waals surface area contributed by atoms with Crippen LogP contribution < -0.4 is 5.32 Å². The molecule has 2 aliphatic heterocycles. The Kier molecular flexibility index (Phi) is 8.80. The van der Waals surface area contributed by atoms with Crippen LogP contribution >= 0.6 is 0 Å². The van der Waals surface area contributed by atoms with Crippen LogP contribution in [0.3, 0.4) is 0 Å². The molecule has 0 bridgehead atoms. The zero-order valence-corrected chi connectivity index (χ0v) is 21.6. The highest BCUT2D eigenvalue weighted by molar-refractivity contribution is 5.87. The lowest BCUT2D eigenvalue weighted by molar-refractivity contribution is -0.346. The van der Waals surface area contributed by atoms with Gasteiger partial charge in [0.05, 0.1) is 13.2 Å². The first kappa shape index (κ1) is 26.8. The van der Waals surface area contributed by atoms with Crippen LogP contribution in [0.25, 0.3) is 6.08 Å². The highest BCUT2D eigenvalue weighted by atomic mass is 16.8. The minimum atomic E-state index is -0.910. The van der Waals surface area contributed by atoms with Crippen LogP contribution in [0.4, 0.5) is 0 Å². The summed E-state index contributed by atoms with van der Waals surface area (Å²) in [5, 5.41) is 2.87. The largest absolute Gasteiger partial charge is 0.454 e. The molecule has 3 aromatic carbocycles. The van der Waals surface area contributed by atoms with Crippen molar-refractivity contribution in [3.8, 4) is 0 Å². The van der Waals surface area contributed by atoms with Crippen molar-refractivity contribution >= 4 is 18.0 Å². The number of hydrogen-bond acceptors (Lipinski definition) is 7. The van der Waals surface area contributed by atoms with Gasteiger partial charge in [-0.05, 0) is 17.2 Å². The lowest BCUT2D eigenvalue weighted by Gasteiger charge is -2.48. The van der Waals surface area contributed by atoms with Gasteiger partial charge in [0.25, 0.3) is 0 Å². The van der Waals surface area contributed by atoms with Gasteiger partial charge in [-0.3, -0.25) is 4.79 Å². The van der Waals surface area contributed by atoms with Crippen molar-refractivity contribution in [1.29, 1.82) is 0 Å². The molecule has 0 spiro atoms. The number of nitrogens with one attached hydrogen (secondary N) is 1. The maximum atomic E-state index is 13.0. The van der Waals surface area contributed by atoms with Gasteiger partial charge in [-0.1, -0.05) is 91.0 Å². The minimum absolute atomic E-state index is 0.191. The first-order valence-electron chi connectivity index (χ1n) is 12.9. The summed E-state index contributed by atoms with van der Waals surface area (Å²) in [7, 11) is 0. The number of fused-ring (bicyclic) bond motifs is 1. The molecule has 1 amide bonds. The molecule has 0 unspecified atom stereocenters. The molecule has 2 saturated heterocycles. The number of hydrogen-bond donors (Lipinski definition) is 1. The first-order chi connectivity index (χ1) is 19.1. The number of carbonyl (C=O) groups excluding carboxylic acids is 2. The van der Waals surface area contributed by atoms with Crippen LogP contribution in [0.2, 0.25) is 0 Å². The van der Waals surface area contributed by atoms with Crippen LogP contribution in [0.5, 0.6) is 0 Å². The second-order valence-electron chi connectivity index (χ2n) is 9.39. The van der Waals surface area contributed by atoms with Crippen LogP contribution in [0.15, 0.2) is 97.1 Å². The van der Waals surface area contributed by atoms with E-state index in [2.05, 4.69) is 5.32 Å². The van der Waals surface area contributed by atoms with Gasteiger partial charge in [-0.15, -0.1) is 0 Å². The average molecular weight is 530 g/mol. The Morgan fingerprint density at radius 3 is 2.28 bits per heavy atom. The minimum Gasteiger partial charge on any atom is -0.454 e. The molecule has 2 heterocycles. The standard InChI is InChI=1S/C31H31NO7/c1-21(33)32-27-29(38-26(34)18-17-22-11-5-2-6-12-22)28-25(20-36-30(39-28)24-15-9-4-10-16-24)37-31(27)35-19-23-13-7-3-8-14-23/h2-18,25,27-31H,19-20H2,1H3,(H,32,33)/b18-17+/t25-,27+,28-,29-,30+,31-/m0/s1. The molecule has 2 aliphatic rings. The number of carbonyl (C=O) groups is 2. The third kappa shape index (κ3) is 6.99. The monoisotopic (exact) mass is 529 g/mol. The average Bonchev–Trinajstić information content (AvgIpc) is 2.97. The molecular formula is C31H31NO7. The Morgan fingerprint density at radius 1 is 0.923 bits per heavy atom. The van der Waals surface area contributed by atoms with Crippen molar-refractivity contribution in [2.24, 2.45) is 0 Å². The van der Waals surface area contributed by atoms with Crippen molar-refractivity contribution in [1.82, 2.24) is 5.32 Å². The summed E-state index contributed by atoms with van der Waals surface area (Å²) in [5.74, 6) is -0.893. The van der Waals surface area contributed by atoms with Crippen molar-refractivity contribution in [3.05, 3.63) is 114 Å². The van der Waals surface area contributed by atoms with Crippen molar-refractivity contribution in [2.45, 2.75) is 50.5 Å². The van der Waals surface area contributed by atoms with Crippen LogP contribution in [0.1, 0.15) is 29.9 Å². The van der Waals surface area contributed by atoms with Gasteiger partial charge >= 0.3 is 5.97 Å². The van der Waals surface area contributed by atoms with Gasteiger partial charge < -0.3 is 29.0 Å². The molecule has 8 nitrogen and oxygen atoms in total. The second kappa shape index (κ2) is 12.8. The molecule has 39 heavy (non-hydrogen) atoms. The molecule has 0 aromatic heterocycles. The van der Waals surface area contributed by atoms with E-state index >= 15 is 0 Å². The van der Waals surface area contributed by atoms with E-state index in [1.807, 2.05) is 91.0 Å². The zero-order chi connectivity index (χ0) is 27.0. The summed E-state index contributed by atoms with van der Waals surface area (Å²) >= 11 is 0. The van der Waals surface area contributed by atoms with E-state index in [1.165, 1.54) is 13.0 Å². The van der Waals surface area contributed by atoms with Gasteiger partial charge in [0, 0.05) is 18.6 Å². The van der Waals surface area contributed by atoms with Crippen molar-refractivity contribution in [2.75, 3.05) is 6.61 Å². The Bertz CT molecular complexity index is 1250. The predicted molar refractivity (Wildman–Crippen MR) is 143 cm³/mol. The molecule has 0 aliphatic carbocycles. The molecule has 8 heteroatoms. The Labute approximate surface area is 227 Å². The summed E-state index contributed by atoms with van der Waals surface area (Å²) in [5.41, 5.74) is 2.61. The molecule has 0 radical (unpaired) electrons. The van der Waals surface area contributed by atoms with Crippen LogP contribution in [-0.2, 0) is 39.9 Å². The molecule has 6 atom stereocenters. The number of esters is 1. The fraction of sp³-hybridized carbons (Fsp3) is 0.290. The first-order valence-corrected chi connectivity index (χ1v) is 12.9. The quantitative estimate of drug-likeness (QED) is 0.346. The number of ether oxygens (including phenoxy) is 5. The predicted octanol–water partition coefficient (Wildman–Crippen LogP) is 4.17. The summed E-state index contributed by atoms with van der Waals surface area (Å²) in [6.07, 6.45) is -0.773. The molecule has 2 fully saturated rings. The van der Waals surface area contributed by atoms with E-state index in [0.29, 0.717) is 0 Å². The highest BCUT2D eigenvalue weighted by Gasteiger charge is 2.52. The van der Waals surface area contributed by atoms with E-state index in [-0.39, 0.29) is 19.1 Å². The summed E-state index contributed by atoms with van der Waals surface area (Å²) in [6, 6.07) is 27.7. The molecule has 0 saturated carbocycles. The van der Waals surface area contributed by atoms with Crippen LogP contribution in [0, 0.1) is 0 Å². The molecule has 1 N–H and O–H groups in total. The topological polar surface area (TPSA) is 92.3 Å². The van der Waals surface area contributed by atoms with Gasteiger partial charge in [0.2, 0.25) is 5.91 Å². The third-order valence-corrected chi connectivity index (χ3v) is 6.50. The maximum absolute atomic E-state index is 13.0. The third-order valence-electron chi connectivity index (χ3n) is 6.50. The summed E-state index contributed by atoms with van der Waals surface area (Å²) in [6.45, 7) is 1.82. The Hall–Kier alpha value is -3.82. The number of rotatable bonds is 8. The van der Waals surface area contributed by atoms with Gasteiger partial charge in [0.1, 0.15) is 18.2 Å². The molecule has 3 aromatic rings. The highest BCUT2D eigenvalue weighted by Crippen LogP contribution is 2.36. The normalized spacial score (nSPS) is 26.5. The zero-order valence-electron chi connectivity index (χ0n) is 21.6. The molecular weight excluding hydrogens is 498 g/mol. The Morgan fingerprint density at radius 2 is 1.59 bits per heavy atom. The molecule has 5 rings (SSSR count). The fourth-order valence-electron chi connectivity index (χ4n) is 4.68. The summed E-state index contributed by atoms with van der Waals surface area (Å²) < 4.78 is 30.7. The van der Waals surface area contributed by atoms with E-state index in [0.717, 1.165) is 16.7 Å². The Balaban J connectivity index is 1.40. The van der Waals surface area contributed by atoms with Crippen molar-refractivity contribution < 1.29 is 33.3 Å². The number of amides is 1. The van der Waals surface area contributed by atoms with Crippen LogP contribution in [-0.4, -0.2) is 49.1 Å². The van der Waals surface area contributed by atoms with E-state index < -0.39 is 42.9 Å². The second-order valence-corrected chi connectivity index (χ2v) is 9.39. The van der Waals surface area contributed by atoms with E-state index in [1.54, 1.807) is 6.08 Å². The van der Waals surface area contributed by atoms with Gasteiger partial charge in [0.15, 0.2) is 18.7 Å². The van der Waals surface area contributed by atoms with E-state index in [4.69, 9.17) is 23.7 Å². The van der Waals surface area contributed by atoms with Crippen molar-refractivity contribution in [3.63, 3.8) is 0 Å².